The van der Waals surface area contributed by atoms with Crippen LogP contribution in [0, 0.1) is 5.92 Å². The van der Waals surface area contributed by atoms with Crippen molar-refractivity contribution in [3.8, 4) is 10.6 Å². The number of amides is 1. The van der Waals surface area contributed by atoms with E-state index in [0.717, 1.165) is 39.4 Å². The van der Waals surface area contributed by atoms with E-state index in [1.807, 2.05) is 30.7 Å². The van der Waals surface area contributed by atoms with Crippen molar-refractivity contribution in [2.24, 2.45) is 5.92 Å². The summed E-state index contributed by atoms with van der Waals surface area (Å²) in [6, 6.07) is 5.86. The van der Waals surface area contributed by atoms with Gasteiger partial charge in [-0.2, -0.15) is 5.10 Å². The highest BCUT2D eigenvalue weighted by Crippen LogP contribution is 2.31. The van der Waals surface area contributed by atoms with E-state index in [-0.39, 0.29) is 11.8 Å². The Morgan fingerprint density at radius 2 is 2.39 bits per heavy atom. The maximum atomic E-state index is 12.4. The van der Waals surface area contributed by atoms with Crippen LogP contribution in [0.3, 0.4) is 0 Å². The summed E-state index contributed by atoms with van der Waals surface area (Å²) >= 11 is 5.06. The molecule has 0 fully saturated rings. The average molecular weight is 392 g/mol. The molecule has 1 unspecified atom stereocenters. The fraction of sp³-hybridized carbons (Fsp3) is 0.267. The highest BCUT2D eigenvalue weighted by molar-refractivity contribution is 9.11. The number of hydrogen-bond donors (Lipinski definition) is 2. The van der Waals surface area contributed by atoms with Crippen molar-refractivity contribution in [2.45, 2.75) is 19.4 Å². The van der Waals surface area contributed by atoms with E-state index >= 15 is 0 Å². The van der Waals surface area contributed by atoms with Gasteiger partial charge >= 0.3 is 0 Å². The molecular weight excluding hydrogens is 378 g/mol. The van der Waals surface area contributed by atoms with Gasteiger partial charge in [-0.3, -0.25) is 9.89 Å². The summed E-state index contributed by atoms with van der Waals surface area (Å²) in [5.41, 5.74) is 2.01. The number of aryl methyl sites for hydroxylation is 1. The van der Waals surface area contributed by atoms with Gasteiger partial charge in [-0.15, -0.1) is 11.3 Å². The summed E-state index contributed by atoms with van der Waals surface area (Å²) in [5, 5.41) is 10.1. The second kappa shape index (κ2) is 5.93. The number of rotatable bonds is 3. The number of aromatic amines is 1. The van der Waals surface area contributed by atoms with Crippen LogP contribution in [0.4, 0.5) is 5.82 Å². The smallest absolute Gasteiger partial charge is 0.229 e. The average Bonchev–Trinajstić information content (AvgIpc) is 3.26. The van der Waals surface area contributed by atoms with Gasteiger partial charge in [0.25, 0.3) is 0 Å². The van der Waals surface area contributed by atoms with Crippen LogP contribution in [-0.2, 0) is 17.8 Å². The van der Waals surface area contributed by atoms with Crippen LogP contribution in [0.2, 0.25) is 0 Å². The Kier molecular flexibility index (Phi) is 3.78. The Morgan fingerprint density at radius 1 is 1.48 bits per heavy atom. The number of H-pyrrole nitrogens is 1. The van der Waals surface area contributed by atoms with E-state index < -0.39 is 0 Å². The Bertz CT molecular complexity index is 852. The third kappa shape index (κ3) is 2.96. The maximum absolute atomic E-state index is 12.4. The highest BCUT2D eigenvalue weighted by Gasteiger charge is 2.25. The van der Waals surface area contributed by atoms with Crippen LogP contribution in [0.15, 0.2) is 34.5 Å². The number of imidazole rings is 1. The predicted octanol–water partition coefficient (Wildman–Crippen LogP) is 3.30. The molecule has 23 heavy (non-hydrogen) atoms. The molecule has 0 saturated heterocycles. The molecule has 0 saturated carbocycles. The van der Waals surface area contributed by atoms with E-state index in [4.69, 9.17) is 0 Å². The topological polar surface area (TPSA) is 75.6 Å². The van der Waals surface area contributed by atoms with Gasteiger partial charge in [0.15, 0.2) is 5.82 Å². The van der Waals surface area contributed by atoms with Gasteiger partial charge in [0.1, 0.15) is 0 Å². The van der Waals surface area contributed by atoms with Gasteiger partial charge in [-0.25, -0.2) is 4.98 Å². The minimum Gasteiger partial charge on any atom is -0.335 e. The number of thiophene rings is 1. The van der Waals surface area contributed by atoms with Crippen molar-refractivity contribution in [2.75, 3.05) is 5.32 Å². The first-order chi connectivity index (χ1) is 11.2. The molecule has 0 bridgehead atoms. The molecule has 1 atom stereocenters. The maximum Gasteiger partial charge on any atom is 0.229 e. The monoisotopic (exact) mass is 391 g/mol. The fourth-order valence-corrected chi connectivity index (χ4v) is 4.14. The standard InChI is InChI=1S/C15H14BrN5OS/c16-13-2-1-12(23-13)11-6-14(20-19-11)18-15(22)9-3-4-21-8-17-7-10(21)5-9/h1-2,6-9H,3-5H2,(H2,18,19,20,22). The van der Waals surface area contributed by atoms with Gasteiger partial charge in [0, 0.05) is 36.8 Å². The molecule has 4 rings (SSSR count). The highest BCUT2D eigenvalue weighted by atomic mass is 79.9. The van der Waals surface area contributed by atoms with E-state index in [9.17, 15) is 4.79 Å². The summed E-state index contributed by atoms with van der Waals surface area (Å²) in [6.45, 7) is 0.836. The Balaban J connectivity index is 1.44. The zero-order valence-corrected chi connectivity index (χ0v) is 14.5. The van der Waals surface area contributed by atoms with E-state index in [0.29, 0.717) is 5.82 Å². The lowest BCUT2D eigenvalue weighted by Gasteiger charge is -2.22. The molecule has 1 aliphatic heterocycles. The number of anilines is 1. The first-order valence-corrected chi connectivity index (χ1v) is 8.91. The fourth-order valence-electron chi connectivity index (χ4n) is 2.79. The molecular formula is C15H14BrN5OS. The second-order valence-electron chi connectivity index (χ2n) is 5.53. The summed E-state index contributed by atoms with van der Waals surface area (Å²) in [4.78, 5) is 17.7. The predicted molar refractivity (Wildman–Crippen MR) is 92.3 cm³/mol. The molecule has 0 aromatic carbocycles. The number of aromatic nitrogens is 4. The molecule has 3 aromatic heterocycles. The van der Waals surface area contributed by atoms with E-state index in [2.05, 4.69) is 41.0 Å². The lowest BCUT2D eigenvalue weighted by molar-refractivity contribution is -0.120. The molecule has 8 heteroatoms. The molecule has 1 amide bonds. The molecule has 4 heterocycles. The first-order valence-electron chi connectivity index (χ1n) is 7.30. The number of fused-ring (bicyclic) bond motifs is 1. The van der Waals surface area contributed by atoms with Crippen LogP contribution in [0.25, 0.3) is 10.6 Å². The summed E-state index contributed by atoms with van der Waals surface area (Å²) in [6.07, 6.45) is 5.20. The van der Waals surface area contributed by atoms with Crippen LogP contribution in [-0.4, -0.2) is 25.7 Å². The number of carbonyl (C=O) groups excluding carboxylic acids is 1. The minimum atomic E-state index is -0.0322. The lowest BCUT2D eigenvalue weighted by atomic mass is 9.95. The Morgan fingerprint density at radius 3 is 3.22 bits per heavy atom. The van der Waals surface area contributed by atoms with Crippen LogP contribution >= 0.6 is 27.3 Å². The quantitative estimate of drug-likeness (QED) is 0.718. The summed E-state index contributed by atoms with van der Waals surface area (Å²) in [5.74, 6) is 0.548. The zero-order valence-electron chi connectivity index (χ0n) is 12.1. The normalized spacial score (nSPS) is 17.0. The molecule has 3 aromatic rings. The molecule has 0 spiro atoms. The number of nitrogens with one attached hydrogen (secondary N) is 2. The molecule has 0 radical (unpaired) electrons. The van der Waals surface area contributed by atoms with Crippen molar-refractivity contribution in [3.63, 3.8) is 0 Å². The minimum absolute atomic E-state index is 0.0165. The van der Waals surface area contributed by atoms with Gasteiger partial charge < -0.3 is 9.88 Å². The number of carbonyl (C=O) groups is 1. The lowest BCUT2D eigenvalue weighted by Crippen LogP contribution is -2.30. The summed E-state index contributed by atoms with van der Waals surface area (Å²) in [7, 11) is 0. The Labute approximate surface area is 145 Å². The van der Waals surface area contributed by atoms with Crippen molar-refractivity contribution >= 4 is 39.0 Å². The second-order valence-corrected chi connectivity index (χ2v) is 7.99. The largest absolute Gasteiger partial charge is 0.335 e. The molecule has 118 valence electrons. The van der Waals surface area contributed by atoms with Crippen molar-refractivity contribution < 1.29 is 4.79 Å². The van der Waals surface area contributed by atoms with Crippen LogP contribution < -0.4 is 5.32 Å². The third-order valence-corrected chi connectivity index (χ3v) is 5.67. The molecule has 0 aliphatic carbocycles. The van der Waals surface area contributed by atoms with Crippen LogP contribution in [0.5, 0.6) is 0 Å². The van der Waals surface area contributed by atoms with Crippen molar-refractivity contribution in [1.29, 1.82) is 0 Å². The zero-order chi connectivity index (χ0) is 15.8. The third-order valence-electron chi connectivity index (χ3n) is 4.01. The van der Waals surface area contributed by atoms with Gasteiger partial charge in [-0.1, -0.05) is 0 Å². The van der Waals surface area contributed by atoms with Crippen molar-refractivity contribution in [3.05, 3.63) is 40.2 Å². The molecule has 6 nitrogen and oxygen atoms in total. The number of hydrogen-bond acceptors (Lipinski definition) is 4. The van der Waals surface area contributed by atoms with E-state index in [1.54, 1.807) is 11.3 Å². The van der Waals surface area contributed by atoms with E-state index in [1.165, 1.54) is 0 Å². The molecule has 1 aliphatic rings. The number of halogens is 1. The van der Waals surface area contributed by atoms with Gasteiger partial charge in [-0.05, 0) is 34.5 Å². The van der Waals surface area contributed by atoms with Crippen LogP contribution in [0.1, 0.15) is 12.1 Å². The number of nitrogens with zero attached hydrogens (tertiary/aromatic N) is 3. The SMILES string of the molecule is O=C(Nc1cc(-c2ccc(Br)s2)[nH]n1)C1CCn2cncc2C1. The Hall–Kier alpha value is -1.93. The molecule has 2 N–H and O–H groups in total. The van der Waals surface area contributed by atoms with Crippen molar-refractivity contribution in [1.82, 2.24) is 19.7 Å². The first kappa shape index (κ1) is 14.6. The summed E-state index contributed by atoms with van der Waals surface area (Å²) < 4.78 is 3.16. The van der Waals surface area contributed by atoms with Gasteiger partial charge in [0.05, 0.1) is 20.7 Å². The van der Waals surface area contributed by atoms with Gasteiger partial charge in [0.2, 0.25) is 5.91 Å².